The van der Waals surface area contributed by atoms with E-state index in [2.05, 4.69) is 0 Å². The van der Waals surface area contributed by atoms with Crippen LogP contribution in [0, 0.1) is 6.92 Å². The van der Waals surface area contributed by atoms with Gasteiger partial charge in [0.15, 0.2) is 0 Å². The van der Waals surface area contributed by atoms with Crippen molar-refractivity contribution in [1.82, 2.24) is 0 Å². The summed E-state index contributed by atoms with van der Waals surface area (Å²) in [6, 6.07) is 12.5. The fourth-order valence-electron chi connectivity index (χ4n) is 2.71. The van der Waals surface area contributed by atoms with Crippen LogP contribution < -0.4 is 14.4 Å². The monoisotopic (exact) mass is 355 g/mol. The highest BCUT2D eigenvalue weighted by atomic mass is 32.2. The standard InChI is InChI=1S/C19H17NO4S/c1-12-15(23-2)10-9-13(17(12)24-3)11-16-18(21)20(19(22)25-16)14-7-5-4-6-8-14/h4-11H,1-3H3/b16-11+. The molecule has 1 saturated heterocycles. The lowest BCUT2D eigenvalue weighted by Gasteiger charge is -2.13. The molecule has 0 bridgehead atoms. The van der Waals surface area contributed by atoms with Crippen LogP contribution in [0.1, 0.15) is 11.1 Å². The predicted octanol–water partition coefficient (Wildman–Crippen LogP) is 4.25. The average Bonchev–Trinajstić information content (AvgIpc) is 2.90. The molecule has 128 valence electrons. The summed E-state index contributed by atoms with van der Waals surface area (Å²) in [6.07, 6.45) is 1.68. The number of anilines is 1. The first kappa shape index (κ1) is 17.1. The van der Waals surface area contributed by atoms with Crippen LogP contribution in [0.2, 0.25) is 0 Å². The summed E-state index contributed by atoms with van der Waals surface area (Å²) in [6.45, 7) is 1.88. The molecule has 1 fully saturated rings. The average molecular weight is 355 g/mol. The SMILES string of the molecule is COc1ccc(/C=C2/SC(=O)N(c3ccccc3)C2=O)c(OC)c1C. The number of hydrogen-bond donors (Lipinski definition) is 0. The second-order valence-electron chi connectivity index (χ2n) is 5.37. The van der Waals surface area contributed by atoms with Crippen molar-refractivity contribution in [2.45, 2.75) is 6.92 Å². The highest BCUT2D eigenvalue weighted by Gasteiger charge is 2.36. The minimum atomic E-state index is -0.336. The van der Waals surface area contributed by atoms with Crippen molar-refractivity contribution < 1.29 is 19.1 Å². The number of imide groups is 1. The first-order valence-corrected chi connectivity index (χ1v) is 8.43. The van der Waals surface area contributed by atoms with Crippen molar-refractivity contribution in [3.05, 3.63) is 58.5 Å². The Kier molecular flexibility index (Phi) is 4.81. The lowest BCUT2D eigenvalue weighted by molar-refractivity contribution is -0.113. The van der Waals surface area contributed by atoms with E-state index >= 15 is 0 Å². The summed E-state index contributed by atoms with van der Waals surface area (Å²) < 4.78 is 10.7. The van der Waals surface area contributed by atoms with Crippen LogP contribution in [0.25, 0.3) is 6.08 Å². The van der Waals surface area contributed by atoms with Crippen LogP contribution in [-0.2, 0) is 4.79 Å². The summed E-state index contributed by atoms with van der Waals surface area (Å²) in [5.41, 5.74) is 2.12. The molecule has 2 aromatic rings. The minimum Gasteiger partial charge on any atom is -0.496 e. The van der Waals surface area contributed by atoms with Crippen molar-refractivity contribution in [2.24, 2.45) is 0 Å². The Morgan fingerprint density at radius 2 is 1.72 bits per heavy atom. The second kappa shape index (κ2) is 7.03. The number of carbonyl (C=O) groups excluding carboxylic acids is 2. The molecule has 1 aliphatic rings. The smallest absolute Gasteiger partial charge is 0.298 e. The molecule has 2 amide bonds. The maximum Gasteiger partial charge on any atom is 0.298 e. The molecule has 0 unspecified atom stereocenters. The van der Waals surface area contributed by atoms with Crippen molar-refractivity contribution >= 4 is 34.7 Å². The van der Waals surface area contributed by atoms with Gasteiger partial charge >= 0.3 is 0 Å². The number of rotatable bonds is 4. The summed E-state index contributed by atoms with van der Waals surface area (Å²) in [5.74, 6) is 0.981. The number of hydrogen-bond acceptors (Lipinski definition) is 5. The first-order valence-electron chi connectivity index (χ1n) is 7.61. The molecule has 0 N–H and O–H groups in total. The van der Waals surface area contributed by atoms with E-state index in [9.17, 15) is 9.59 Å². The Labute approximate surface area is 150 Å². The summed E-state index contributed by atoms with van der Waals surface area (Å²) >= 11 is 0.918. The topological polar surface area (TPSA) is 55.8 Å². The number of carbonyl (C=O) groups is 2. The van der Waals surface area contributed by atoms with Gasteiger partial charge in [-0.05, 0) is 49.0 Å². The van der Waals surface area contributed by atoms with Crippen LogP contribution >= 0.6 is 11.8 Å². The van der Waals surface area contributed by atoms with E-state index < -0.39 is 0 Å². The van der Waals surface area contributed by atoms with Crippen LogP contribution in [0.15, 0.2) is 47.4 Å². The van der Waals surface area contributed by atoms with Gasteiger partial charge in [-0.15, -0.1) is 0 Å². The predicted molar refractivity (Wildman–Crippen MR) is 99.2 cm³/mol. The molecule has 0 saturated carbocycles. The zero-order valence-electron chi connectivity index (χ0n) is 14.1. The molecule has 1 aliphatic heterocycles. The quantitative estimate of drug-likeness (QED) is 0.767. The lowest BCUT2D eigenvalue weighted by atomic mass is 10.1. The number of amides is 2. The highest BCUT2D eigenvalue weighted by Crippen LogP contribution is 2.38. The number of benzene rings is 2. The van der Waals surface area contributed by atoms with Crippen LogP contribution in [0.4, 0.5) is 10.5 Å². The zero-order chi connectivity index (χ0) is 18.0. The number of para-hydroxylation sites is 1. The summed E-state index contributed by atoms with van der Waals surface area (Å²) in [5, 5.41) is -0.313. The van der Waals surface area contributed by atoms with E-state index in [1.54, 1.807) is 50.6 Å². The van der Waals surface area contributed by atoms with Gasteiger partial charge in [0.05, 0.1) is 24.8 Å². The van der Waals surface area contributed by atoms with Gasteiger partial charge in [-0.3, -0.25) is 9.59 Å². The largest absolute Gasteiger partial charge is 0.496 e. The Balaban J connectivity index is 1.99. The second-order valence-corrected chi connectivity index (χ2v) is 6.36. The van der Waals surface area contributed by atoms with E-state index in [1.807, 2.05) is 19.1 Å². The van der Waals surface area contributed by atoms with Gasteiger partial charge in [0, 0.05) is 11.1 Å². The van der Waals surface area contributed by atoms with Gasteiger partial charge < -0.3 is 9.47 Å². The van der Waals surface area contributed by atoms with Crippen molar-refractivity contribution in [3.8, 4) is 11.5 Å². The normalized spacial score (nSPS) is 15.8. The number of methoxy groups -OCH3 is 2. The molecule has 0 aromatic heterocycles. The van der Waals surface area contributed by atoms with Gasteiger partial charge in [-0.2, -0.15) is 0 Å². The van der Waals surface area contributed by atoms with Crippen LogP contribution in [0.5, 0.6) is 11.5 Å². The van der Waals surface area contributed by atoms with Crippen molar-refractivity contribution in [3.63, 3.8) is 0 Å². The Bertz CT molecular complexity index is 861. The molecule has 0 spiro atoms. The molecule has 2 aromatic carbocycles. The van der Waals surface area contributed by atoms with Crippen molar-refractivity contribution in [2.75, 3.05) is 19.1 Å². The fourth-order valence-corrected chi connectivity index (χ4v) is 3.54. The molecule has 0 radical (unpaired) electrons. The van der Waals surface area contributed by atoms with E-state index in [-0.39, 0.29) is 11.1 Å². The Morgan fingerprint density at radius 1 is 1.00 bits per heavy atom. The first-order chi connectivity index (χ1) is 12.1. The lowest BCUT2D eigenvalue weighted by Crippen LogP contribution is -2.27. The van der Waals surface area contributed by atoms with Gasteiger partial charge in [0.25, 0.3) is 11.1 Å². The van der Waals surface area contributed by atoms with E-state index in [1.165, 1.54) is 4.90 Å². The number of ether oxygens (including phenoxy) is 2. The van der Waals surface area contributed by atoms with Gasteiger partial charge in [0.1, 0.15) is 11.5 Å². The molecular weight excluding hydrogens is 338 g/mol. The maximum atomic E-state index is 12.7. The third kappa shape index (κ3) is 3.13. The minimum absolute atomic E-state index is 0.313. The van der Waals surface area contributed by atoms with Gasteiger partial charge in [-0.1, -0.05) is 18.2 Å². The van der Waals surface area contributed by atoms with E-state index in [0.29, 0.717) is 22.1 Å². The Hall–Kier alpha value is -2.73. The van der Waals surface area contributed by atoms with E-state index in [4.69, 9.17) is 9.47 Å². The third-order valence-electron chi connectivity index (χ3n) is 3.91. The Morgan fingerprint density at radius 3 is 2.36 bits per heavy atom. The third-order valence-corrected chi connectivity index (χ3v) is 4.77. The summed E-state index contributed by atoms with van der Waals surface area (Å²) in [4.78, 5) is 26.5. The number of thioether (sulfide) groups is 1. The van der Waals surface area contributed by atoms with Crippen molar-refractivity contribution in [1.29, 1.82) is 0 Å². The van der Waals surface area contributed by atoms with E-state index in [0.717, 1.165) is 22.9 Å². The molecule has 25 heavy (non-hydrogen) atoms. The summed E-state index contributed by atoms with van der Waals surface area (Å²) in [7, 11) is 3.15. The van der Waals surface area contributed by atoms with Crippen LogP contribution in [0.3, 0.4) is 0 Å². The fraction of sp³-hybridized carbons (Fsp3) is 0.158. The molecule has 0 atom stereocenters. The molecule has 6 heteroatoms. The van der Waals surface area contributed by atoms with Gasteiger partial charge in [0.2, 0.25) is 0 Å². The van der Waals surface area contributed by atoms with Crippen LogP contribution in [-0.4, -0.2) is 25.4 Å². The molecule has 0 aliphatic carbocycles. The molecule has 1 heterocycles. The number of nitrogens with zero attached hydrogens (tertiary/aromatic N) is 1. The van der Waals surface area contributed by atoms with Gasteiger partial charge in [-0.25, -0.2) is 4.90 Å². The molecule has 3 rings (SSSR count). The maximum absolute atomic E-state index is 12.7. The zero-order valence-corrected chi connectivity index (χ0v) is 14.9. The molecular formula is C19H17NO4S. The highest BCUT2D eigenvalue weighted by molar-refractivity contribution is 8.19. The molecule has 5 nitrogen and oxygen atoms in total.